The summed E-state index contributed by atoms with van der Waals surface area (Å²) in [5.41, 5.74) is 0. The minimum Gasteiger partial charge on any atom is -0.481 e. The van der Waals surface area contributed by atoms with Gasteiger partial charge in [-0.1, -0.05) is 6.42 Å². The largest absolute Gasteiger partial charge is 0.481 e. The van der Waals surface area contributed by atoms with Crippen molar-refractivity contribution in [1.82, 2.24) is 5.32 Å². The first kappa shape index (κ1) is 30.3. The van der Waals surface area contributed by atoms with Gasteiger partial charge in [0.1, 0.15) is 19.3 Å². The molecule has 0 aliphatic rings. The van der Waals surface area contributed by atoms with Crippen LogP contribution in [0.5, 0.6) is 0 Å². The summed E-state index contributed by atoms with van der Waals surface area (Å²) in [4.78, 5) is 56.3. The van der Waals surface area contributed by atoms with Gasteiger partial charge in [-0.3, -0.25) is 24.0 Å². The molecule has 33 heavy (non-hydrogen) atoms. The van der Waals surface area contributed by atoms with Gasteiger partial charge in [-0.05, 0) is 19.8 Å². The molecule has 2 N–H and O–H groups in total. The van der Waals surface area contributed by atoms with Gasteiger partial charge in [-0.25, -0.2) is 0 Å². The van der Waals surface area contributed by atoms with Crippen LogP contribution in [0.1, 0.15) is 60.3 Å². The molecule has 12 nitrogen and oxygen atoms in total. The maximum absolute atomic E-state index is 11.6. The van der Waals surface area contributed by atoms with E-state index >= 15 is 0 Å². The number of rotatable bonds is 17. The van der Waals surface area contributed by atoms with Crippen LogP contribution in [0.15, 0.2) is 0 Å². The summed E-state index contributed by atoms with van der Waals surface area (Å²) in [7, 11) is 0. The number of aliphatic carboxylic acids is 1. The van der Waals surface area contributed by atoms with Gasteiger partial charge in [0.05, 0.1) is 6.04 Å². The highest BCUT2D eigenvalue weighted by Gasteiger charge is 2.33. The van der Waals surface area contributed by atoms with Crippen molar-refractivity contribution in [1.29, 1.82) is 0 Å². The van der Waals surface area contributed by atoms with Crippen molar-refractivity contribution < 1.29 is 52.8 Å². The molecule has 0 bridgehead atoms. The molecule has 0 rings (SSSR count). The van der Waals surface area contributed by atoms with Crippen LogP contribution < -0.4 is 5.32 Å². The van der Waals surface area contributed by atoms with Gasteiger partial charge in [0, 0.05) is 40.7 Å². The molecule has 0 saturated heterocycles. The molecule has 0 saturated carbocycles. The van der Waals surface area contributed by atoms with Crippen molar-refractivity contribution in [2.45, 2.75) is 84.8 Å². The predicted molar refractivity (Wildman–Crippen MR) is 113 cm³/mol. The van der Waals surface area contributed by atoms with Crippen LogP contribution in [0, 0.1) is 0 Å². The van der Waals surface area contributed by atoms with E-state index in [1.807, 2.05) is 0 Å². The van der Waals surface area contributed by atoms with Gasteiger partial charge in [0.25, 0.3) is 0 Å². The van der Waals surface area contributed by atoms with Crippen LogP contribution in [0.3, 0.4) is 0 Å². The third-order valence-corrected chi connectivity index (χ3v) is 4.10. The van der Waals surface area contributed by atoms with Gasteiger partial charge in [0.15, 0.2) is 12.4 Å². The average Bonchev–Trinajstić information content (AvgIpc) is 2.68. The van der Waals surface area contributed by atoms with Gasteiger partial charge in [-0.2, -0.15) is 0 Å². The quantitative estimate of drug-likeness (QED) is 0.133. The second-order valence-corrected chi connectivity index (χ2v) is 7.36. The number of nitrogens with one attached hydrogen (secondary N) is 1. The first-order valence-corrected chi connectivity index (χ1v) is 10.6. The van der Waals surface area contributed by atoms with Crippen LogP contribution in [-0.4, -0.2) is 79.3 Å². The van der Waals surface area contributed by atoms with Gasteiger partial charge in [0.2, 0.25) is 5.91 Å². The number of carbonyl (C=O) groups is 5. The third kappa shape index (κ3) is 16.5. The first-order chi connectivity index (χ1) is 15.4. The highest BCUT2D eigenvalue weighted by molar-refractivity contribution is 5.73. The molecule has 0 fully saturated rings. The Morgan fingerprint density at radius 2 is 1.39 bits per heavy atom. The molecule has 1 amide bonds. The standard InChI is InChI=1S/C21H35NO11/c1-13(22-14(2)23)21(29-10-8-6-7-9-20(27)28)33-19(12-31-16(4)25)18(32-17(5)26)11-30-15(3)24/h13,18-19,21H,6-12H2,1-5H3,(H,22,23)(H,27,28)/t13-,18+,19?,21+/m0/s1. The second kappa shape index (κ2) is 16.8. The Hall–Kier alpha value is -2.73. The first-order valence-electron chi connectivity index (χ1n) is 10.6. The van der Waals surface area contributed by atoms with E-state index in [0.717, 1.165) is 6.92 Å². The monoisotopic (exact) mass is 477 g/mol. The summed E-state index contributed by atoms with van der Waals surface area (Å²) >= 11 is 0. The lowest BCUT2D eigenvalue weighted by Crippen LogP contribution is -2.49. The van der Waals surface area contributed by atoms with E-state index in [1.54, 1.807) is 6.92 Å². The van der Waals surface area contributed by atoms with Crippen LogP contribution in [-0.2, 0) is 47.7 Å². The molecule has 0 aromatic carbocycles. The van der Waals surface area contributed by atoms with E-state index in [0.29, 0.717) is 19.3 Å². The Morgan fingerprint density at radius 3 is 1.88 bits per heavy atom. The summed E-state index contributed by atoms with van der Waals surface area (Å²) in [6, 6.07) is -0.645. The van der Waals surface area contributed by atoms with E-state index in [-0.39, 0.29) is 32.1 Å². The maximum atomic E-state index is 11.6. The van der Waals surface area contributed by atoms with Gasteiger partial charge < -0.3 is 34.1 Å². The van der Waals surface area contributed by atoms with E-state index in [1.165, 1.54) is 20.8 Å². The fourth-order valence-corrected chi connectivity index (χ4v) is 2.68. The van der Waals surface area contributed by atoms with Crippen molar-refractivity contribution >= 4 is 29.8 Å². The van der Waals surface area contributed by atoms with E-state index in [2.05, 4.69) is 5.32 Å². The normalized spacial score (nSPS) is 14.3. The molecule has 1 unspecified atom stereocenters. The number of hydrogen-bond donors (Lipinski definition) is 2. The van der Waals surface area contributed by atoms with Crippen LogP contribution in [0.25, 0.3) is 0 Å². The number of ether oxygens (including phenoxy) is 5. The lowest BCUT2D eigenvalue weighted by atomic mass is 10.2. The summed E-state index contributed by atoms with van der Waals surface area (Å²) in [5, 5.41) is 11.3. The number of esters is 3. The summed E-state index contributed by atoms with van der Waals surface area (Å²) in [6.07, 6.45) is -1.56. The number of carboxylic acid groups (broad SMARTS) is 1. The fraction of sp³-hybridized carbons (Fsp3) is 0.762. The number of hydrogen-bond acceptors (Lipinski definition) is 10. The summed E-state index contributed by atoms with van der Waals surface area (Å²) in [5.74, 6) is -3.11. The zero-order valence-corrected chi connectivity index (χ0v) is 19.8. The molecular weight excluding hydrogens is 442 g/mol. The molecule has 0 heterocycles. The van der Waals surface area contributed by atoms with E-state index in [4.69, 9.17) is 28.8 Å². The van der Waals surface area contributed by atoms with Gasteiger partial charge in [-0.15, -0.1) is 0 Å². The Morgan fingerprint density at radius 1 is 0.818 bits per heavy atom. The zero-order valence-electron chi connectivity index (χ0n) is 19.8. The second-order valence-electron chi connectivity index (χ2n) is 7.36. The smallest absolute Gasteiger partial charge is 0.303 e. The van der Waals surface area contributed by atoms with Crippen molar-refractivity contribution in [2.75, 3.05) is 19.8 Å². The average molecular weight is 478 g/mol. The highest BCUT2D eigenvalue weighted by atomic mass is 16.7. The lowest BCUT2D eigenvalue weighted by molar-refractivity contribution is -0.224. The summed E-state index contributed by atoms with van der Waals surface area (Å²) < 4.78 is 26.9. The molecule has 0 aromatic heterocycles. The topological polar surface area (TPSA) is 164 Å². The SMILES string of the molecule is CC(=O)N[C@@H](C)[C@H](OCCCCCC(=O)O)OC(COC(C)=O)[C@@H](COC(C)=O)OC(C)=O. The predicted octanol–water partition coefficient (Wildman–Crippen LogP) is 0.942. The molecule has 0 radical (unpaired) electrons. The fourth-order valence-electron chi connectivity index (χ4n) is 2.68. The molecule has 0 spiro atoms. The molecule has 12 heteroatoms. The Balaban J connectivity index is 5.41. The summed E-state index contributed by atoms with van der Waals surface area (Å²) in [6.45, 7) is 5.99. The molecule has 0 aliphatic carbocycles. The number of carboxylic acids is 1. The highest BCUT2D eigenvalue weighted by Crippen LogP contribution is 2.15. The molecule has 190 valence electrons. The zero-order chi connectivity index (χ0) is 25.4. The van der Waals surface area contributed by atoms with E-state index < -0.39 is 48.4 Å². The van der Waals surface area contributed by atoms with Crippen molar-refractivity contribution in [3.63, 3.8) is 0 Å². The minimum atomic E-state index is -1.11. The lowest BCUT2D eigenvalue weighted by Gasteiger charge is -2.32. The number of unbranched alkanes of at least 4 members (excludes halogenated alkanes) is 2. The molecular formula is C21H35NO11. The number of amides is 1. The van der Waals surface area contributed by atoms with Gasteiger partial charge >= 0.3 is 23.9 Å². The third-order valence-electron chi connectivity index (χ3n) is 4.10. The van der Waals surface area contributed by atoms with Crippen molar-refractivity contribution in [3.05, 3.63) is 0 Å². The van der Waals surface area contributed by atoms with Crippen molar-refractivity contribution in [2.24, 2.45) is 0 Å². The van der Waals surface area contributed by atoms with E-state index in [9.17, 15) is 24.0 Å². The molecule has 0 aromatic rings. The Bertz CT molecular complexity index is 652. The Kier molecular flexibility index (Phi) is 15.4. The Labute approximate surface area is 193 Å². The molecule has 0 aliphatic heterocycles. The van der Waals surface area contributed by atoms with Crippen LogP contribution >= 0.6 is 0 Å². The number of carbonyl (C=O) groups excluding carboxylic acids is 4. The maximum Gasteiger partial charge on any atom is 0.303 e. The minimum absolute atomic E-state index is 0.0485. The van der Waals surface area contributed by atoms with Crippen LogP contribution in [0.2, 0.25) is 0 Å². The van der Waals surface area contributed by atoms with Crippen LogP contribution in [0.4, 0.5) is 0 Å². The van der Waals surface area contributed by atoms with Crippen molar-refractivity contribution in [3.8, 4) is 0 Å². The molecule has 4 atom stereocenters.